The predicted octanol–water partition coefficient (Wildman–Crippen LogP) is 1.31. The molecule has 0 aliphatic rings. The minimum atomic E-state index is -3.95. The molecule has 0 saturated carbocycles. The van der Waals surface area contributed by atoms with Crippen LogP contribution < -0.4 is 9.44 Å². The number of benzene rings is 2. The first kappa shape index (κ1) is 17.0. The highest BCUT2D eigenvalue weighted by atomic mass is 32.2. The summed E-state index contributed by atoms with van der Waals surface area (Å²) < 4.78 is 52.0. The van der Waals surface area contributed by atoms with Crippen LogP contribution in [0.25, 0.3) is 0 Å². The Labute approximate surface area is 134 Å². The molecule has 122 valence electrons. The quantitative estimate of drug-likeness (QED) is 0.841. The molecule has 9 heteroatoms. The Kier molecular flexibility index (Phi) is 4.71. The van der Waals surface area contributed by atoms with E-state index in [1.54, 1.807) is 18.2 Å². The fraction of sp³-hybridized carbons (Fsp3) is 0.0714. The summed E-state index contributed by atoms with van der Waals surface area (Å²) in [6.07, 6.45) is 0. The maximum absolute atomic E-state index is 12.1. The van der Waals surface area contributed by atoms with Crippen LogP contribution >= 0.6 is 0 Å². The van der Waals surface area contributed by atoms with Crippen LogP contribution in [0.3, 0.4) is 0 Å². The average molecular weight is 354 g/mol. The summed E-state index contributed by atoms with van der Waals surface area (Å²) >= 11 is 0. The Balaban J connectivity index is 2.23. The molecule has 2 rings (SSSR count). The summed E-state index contributed by atoms with van der Waals surface area (Å²) in [6, 6.07) is 12.8. The van der Waals surface area contributed by atoms with Crippen molar-refractivity contribution in [1.82, 2.24) is 4.72 Å². The van der Waals surface area contributed by atoms with Gasteiger partial charge in [-0.3, -0.25) is 9.52 Å². The molecular weight excluding hydrogens is 340 g/mol. The van der Waals surface area contributed by atoms with Crippen molar-refractivity contribution in [3.8, 4) is 0 Å². The summed E-state index contributed by atoms with van der Waals surface area (Å²) in [7, 11) is -7.70. The molecule has 0 aliphatic carbocycles. The number of hydrogen-bond donors (Lipinski definition) is 2. The SMILES string of the molecule is CC(=O)NS(=O)(=O)c1ccc(NS(=O)(=O)c2ccccc2)cc1. The van der Waals surface area contributed by atoms with Crippen molar-refractivity contribution >= 4 is 31.6 Å². The van der Waals surface area contributed by atoms with Gasteiger partial charge in [-0.25, -0.2) is 21.6 Å². The molecule has 2 aromatic carbocycles. The highest BCUT2D eigenvalue weighted by Crippen LogP contribution is 2.18. The third kappa shape index (κ3) is 4.30. The highest BCUT2D eigenvalue weighted by molar-refractivity contribution is 7.92. The summed E-state index contributed by atoms with van der Waals surface area (Å²) in [6.45, 7) is 1.08. The molecule has 1 amide bonds. The van der Waals surface area contributed by atoms with Crippen molar-refractivity contribution in [2.24, 2.45) is 0 Å². The second-order valence-corrected chi connectivity index (χ2v) is 7.97. The zero-order valence-corrected chi connectivity index (χ0v) is 13.7. The van der Waals surface area contributed by atoms with E-state index in [0.717, 1.165) is 6.92 Å². The van der Waals surface area contributed by atoms with Crippen molar-refractivity contribution in [2.75, 3.05) is 4.72 Å². The topological polar surface area (TPSA) is 109 Å². The Morgan fingerprint density at radius 1 is 0.783 bits per heavy atom. The fourth-order valence-electron chi connectivity index (χ4n) is 1.76. The predicted molar refractivity (Wildman–Crippen MR) is 84.7 cm³/mol. The lowest BCUT2D eigenvalue weighted by Crippen LogP contribution is -2.28. The van der Waals surface area contributed by atoms with Gasteiger partial charge in [-0.2, -0.15) is 0 Å². The molecule has 0 aliphatic heterocycles. The summed E-state index contributed by atoms with van der Waals surface area (Å²) in [5, 5.41) is 0. The van der Waals surface area contributed by atoms with Crippen molar-refractivity contribution in [3.63, 3.8) is 0 Å². The zero-order valence-electron chi connectivity index (χ0n) is 12.1. The third-order valence-corrected chi connectivity index (χ3v) is 5.59. The van der Waals surface area contributed by atoms with E-state index in [1.165, 1.54) is 36.4 Å². The van der Waals surface area contributed by atoms with E-state index in [9.17, 15) is 21.6 Å². The number of amides is 1. The van der Waals surface area contributed by atoms with Gasteiger partial charge in [-0.1, -0.05) is 18.2 Å². The lowest BCUT2D eigenvalue weighted by molar-refractivity contribution is -0.117. The summed E-state index contributed by atoms with van der Waals surface area (Å²) in [5.74, 6) is -0.709. The van der Waals surface area contributed by atoms with Gasteiger partial charge in [0.2, 0.25) is 5.91 Å². The minimum absolute atomic E-state index is 0.0925. The van der Waals surface area contributed by atoms with E-state index >= 15 is 0 Å². The van der Waals surface area contributed by atoms with Gasteiger partial charge >= 0.3 is 0 Å². The Morgan fingerprint density at radius 2 is 1.30 bits per heavy atom. The summed E-state index contributed by atoms with van der Waals surface area (Å²) in [4.78, 5) is 10.8. The zero-order chi connectivity index (χ0) is 17.1. The second-order valence-electron chi connectivity index (χ2n) is 4.60. The van der Waals surface area contributed by atoms with Gasteiger partial charge in [0.15, 0.2) is 0 Å². The van der Waals surface area contributed by atoms with Crippen LogP contribution in [0, 0.1) is 0 Å². The lowest BCUT2D eigenvalue weighted by atomic mass is 10.3. The number of hydrogen-bond acceptors (Lipinski definition) is 5. The lowest BCUT2D eigenvalue weighted by Gasteiger charge is -2.09. The van der Waals surface area contributed by atoms with Crippen molar-refractivity contribution < 1.29 is 21.6 Å². The minimum Gasteiger partial charge on any atom is -0.280 e. The molecule has 0 aromatic heterocycles. The standard InChI is InChI=1S/C14H14N2O5S2/c1-11(17)15-22(18,19)14-9-7-12(8-10-14)16-23(20,21)13-5-3-2-4-6-13/h2-10,16H,1H3,(H,15,17). The van der Waals surface area contributed by atoms with Crippen molar-refractivity contribution in [3.05, 3.63) is 54.6 Å². The molecule has 23 heavy (non-hydrogen) atoms. The first-order valence-electron chi connectivity index (χ1n) is 6.42. The Hall–Kier alpha value is -2.39. The highest BCUT2D eigenvalue weighted by Gasteiger charge is 2.17. The van der Waals surface area contributed by atoms with Crippen LogP contribution in [0.4, 0.5) is 5.69 Å². The van der Waals surface area contributed by atoms with Gasteiger partial charge < -0.3 is 0 Å². The van der Waals surface area contributed by atoms with Gasteiger partial charge in [0.05, 0.1) is 9.79 Å². The van der Waals surface area contributed by atoms with Crippen LogP contribution in [0.15, 0.2) is 64.4 Å². The fourth-order valence-corrected chi connectivity index (χ4v) is 3.83. The molecule has 7 nitrogen and oxygen atoms in total. The van der Waals surface area contributed by atoms with Crippen LogP contribution in [0.1, 0.15) is 6.92 Å². The Bertz CT molecular complexity index is 905. The smallest absolute Gasteiger partial charge is 0.264 e. The Morgan fingerprint density at radius 3 is 1.83 bits per heavy atom. The number of nitrogens with one attached hydrogen (secondary N) is 2. The number of rotatable bonds is 5. The number of carbonyl (C=O) groups is 1. The maximum atomic E-state index is 12.1. The number of carbonyl (C=O) groups excluding carboxylic acids is 1. The molecular formula is C14H14N2O5S2. The first-order valence-corrected chi connectivity index (χ1v) is 9.39. The molecule has 0 bridgehead atoms. The third-order valence-electron chi connectivity index (χ3n) is 2.75. The van der Waals surface area contributed by atoms with Crippen LogP contribution in [0.2, 0.25) is 0 Å². The van der Waals surface area contributed by atoms with E-state index in [4.69, 9.17) is 0 Å². The normalized spacial score (nSPS) is 11.7. The van der Waals surface area contributed by atoms with Crippen LogP contribution in [-0.4, -0.2) is 22.7 Å². The summed E-state index contributed by atoms with van der Waals surface area (Å²) in [5.41, 5.74) is 0.204. The van der Waals surface area contributed by atoms with E-state index < -0.39 is 26.0 Å². The van der Waals surface area contributed by atoms with E-state index in [1.807, 2.05) is 4.72 Å². The molecule has 0 unspecified atom stereocenters. The molecule has 0 spiro atoms. The molecule has 0 heterocycles. The maximum Gasteiger partial charge on any atom is 0.264 e. The van der Waals surface area contributed by atoms with Crippen molar-refractivity contribution in [2.45, 2.75) is 16.7 Å². The first-order chi connectivity index (χ1) is 10.7. The van der Waals surface area contributed by atoms with Gasteiger partial charge in [0.1, 0.15) is 0 Å². The van der Waals surface area contributed by atoms with E-state index in [0.29, 0.717) is 0 Å². The molecule has 2 N–H and O–H groups in total. The molecule has 0 atom stereocenters. The largest absolute Gasteiger partial charge is 0.280 e. The van der Waals surface area contributed by atoms with E-state index in [2.05, 4.69) is 4.72 Å². The monoisotopic (exact) mass is 354 g/mol. The average Bonchev–Trinajstić information content (AvgIpc) is 2.47. The molecule has 2 aromatic rings. The van der Waals surface area contributed by atoms with Crippen molar-refractivity contribution in [1.29, 1.82) is 0 Å². The molecule has 0 saturated heterocycles. The van der Waals surface area contributed by atoms with Crippen LogP contribution in [0.5, 0.6) is 0 Å². The van der Waals surface area contributed by atoms with Gasteiger partial charge in [0.25, 0.3) is 20.0 Å². The number of anilines is 1. The van der Waals surface area contributed by atoms with Gasteiger partial charge in [-0.15, -0.1) is 0 Å². The van der Waals surface area contributed by atoms with E-state index in [-0.39, 0.29) is 15.5 Å². The van der Waals surface area contributed by atoms with Gasteiger partial charge in [-0.05, 0) is 36.4 Å². The van der Waals surface area contributed by atoms with Gasteiger partial charge in [0, 0.05) is 12.6 Å². The number of sulfonamides is 2. The second kappa shape index (κ2) is 6.39. The molecule has 0 fully saturated rings. The van der Waals surface area contributed by atoms with Crippen LogP contribution in [-0.2, 0) is 24.8 Å². The molecule has 0 radical (unpaired) electrons.